The molecule has 5 rings (SSSR count). The maximum Gasteiger partial charge on any atom is 0.249 e. The predicted octanol–water partition coefficient (Wildman–Crippen LogP) is 8.17. The van der Waals surface area contributed by atoms with Crippen LogP contribution in [0.3, 0.4) is 0 Å². The summed E-state index contributed by atoms with van der Waals surface area (Å²) in [5.41, 5.74) is 8.27. The fourth-order valence-corrected chi connectivity index (χ4v) is 5.52. The van der Waals surface area contributed by atoms with Gasteiger partial charge in [-0.3, -0.25) is 9.69 Å². The van der Waals surface area contributed by atoms with Gasteiger partial charge in [-0.15, -0.1) is 0 Å². The summed E-state index contributed by atoms with van der Waals surface area (Å²) in [6, 6.07) is 24.4. The van der Waals surface area contributed by atoms with Gasteiger partial charge in [0.15, 0.2) is 5.75 Å². The molecule has 228 valence electrons. The van der Waals surface area contributed by atoms with Crippen LogP contribution in [0.15, 0.2) is 84.6 Å². The van der Waals surface area contributed by atoms with Gasteiger partial charge in [0.25, 0.3) is 0 Å². The molecule has 0 unspecified atom stereocenters. The van der Waals surface area contributed by atoms with Crippen LogP contribution in [0.5, 0.6) is 17.4 Å². The highest BCUT2D eigenvalue weighted by molar-refractivity contribution is 6.32. The zero-order valence-electron chi connectivity index (χ0n) is 26.2. The summed E-state index contributed by atoms with van der Waals surface area (Å²) in [7, 11) is 0. The molecule has 1 saturated heterocycles. The molecule has 2 heterocycles. The zero-order valence-corrected chi connectivity index (χ0v) is 26.9. The normalized spacial score (nSPS) is 14.3. The molecule has 6 nitrogen and oxygen atoms in total. The lowest BCUT2D eigenvalue weighted by Gasteiger charge is -2.35. The highest BCUT2D eigenvalue weighted by Crippen LogP contribution is 2.36. The van der Waals surface area contributed by atoms with Crippen LogP contribution in [0.4, 0.5) is 0 Å². The number of hydrogen-bond acceptors (Lipinski definition) is 5. The summed E-state index contributed by atoms with van der Waals surface area (Å²) in [4.78, 5) is 22.2. The van der Waals surface area contributed by atoms with E-state index < -0.39 is 0 Å². The minimum absolute atomic E-state index is 0.0699. The average molecular weight is 610 g/mol. The molecule has 0 radical (unpaired) electrons. The van der Waals surface area contributed by atoms with Crippen LogP contribution in [-0.4, -0.2) is 46.9 Å². The zero-order chi connectivity index (χ0) is 31.2. The van der Waals surface area contributed by atoms with E-state index in [0.29, 0.717) is 42.1 Å². The van der Waals surface area contributed by atoms with Crippen molar-refractivity contribution in [2.45, 2.75) is 47.8 Å². The molecule has 0 atom stereocenters. The third-order valence-corrected chi connectivity index (χ3v) is 8.45. The number of ether oxygens (including phenoxy) is 2. The first-order chi connectivity index (χ1) is 21.2. The molecule has 4 aromatic rings. The van der Waals surface area contributed by atoms with E-state index in [1.807, 2.05) is 43.9 Å². The SMILES string of the molecule is C/C(C(=O)N1CCN(Cc2ccc(C)cc2)CC1)=C(/C)c1cc(C)c(Oc2ccc(OCc3ccc(C)cc3)cn2)c(Cl)c1. The number of aryl methyl sites for hydroxylation is 3. The Labute approximate surface area is 265 Å². The number of benzene rings is 3. The van der Waals surface area contributed by atoms with Crippen molar-refractivity contribution >= 4 is 23.1 Å². The van der Waals surface area contributed by atoms with Crippen LogP contribution in [0.25, 0.3) is 5.57 Å². The van der Waals surface area contributed by atoms with Crippen molar-refractivity contribution in [2.24, 2.45) is 0 Å². The van der Waals surface area contributed by atoms with Gasteiger partial charge in [0, 0.05) is 44.4 Å². The third-order valence-electron chi connectivity index (χ3n) is 8.17. The van der Waals surface area contributed by atoms with Gasteiger partial charge in [0.1, 0.15) is 12.4 Å². The largest absolute Gasteiger partial charge is 0.487 e. The summed E-state index contributed by atoms with van der Waals surface area (Å²) in [6.07, 6.45) is 1.64. The van der Waals surface area contributed by atoms with Gasteiger partial charge in [-0.2, -0.15) is 0 Å². The summed E-state index contributed by atoms with van der Waals surface area (Å²) < 4.78 is 11.9. The van der Waals surface area contributed by atoms with Crippen molar-refractivity contribution in [3.63, 3.8) is 0 Å². The standard InChI is InChI=1S/C37H40ClN3O3/c1-25-6-10-30(11-7-25)23-40-16-18-41(19-17-40)37(42)29(5)28(4)32-20-27(3)36(34(38)21-32)44-35-15-14-33(22-39-35)43-24-31-12-8-26(2)9-13-31/h6-15,20-22H,16-19,23-24H2,1-5H3/b29-28+. The Kier molecular flexibility index (Phi) is 10.0. The van der Waals surface area contributed by atoms with Crippen LogP contribution in [0.2, 0.25) is 5.02 Å². The van der Waals surface area contributed by atoms with E-state index in [9.17, 15) is 4.79 Å². The van der Waals surface area contributed by atoms with Crippen molar-refractivity contribution in [1.29, 1.82) is 0 Å². The van der Waals surface area contributed by atoms with E-state index in [4.69, 9.17) is 21.1 Å². The van der Waals surface area contributed by atoms with Gasteiger partial charge in [0.05, 0.1) is 11.2 Å². The molecule has 0 saturated carbocycles. The molecule has 0 N–H and O–H groups in total. The van der Waals surface area contributed by atoms with E-state index in [-0.39, 0.29) is 5.91 Å². The molecular formula is C37H40ClN3O3. The van der Waals surface area contributed by atoms with Gasteiger partial charge in [-0.05, 0) is 80.6 Å². The molecule has 7 heteroatoms. The minimum Gasteiger partial charge on any atom is -0.487 e. The molecule has 44 heavy (non-hydrogen) atoms. The Morgan fingerprint density at radius 1 is 0.841 bits per heavy atom. The first-order valence-electron chi connectivity index (χ1n) is 15.0. The topological polar surface area (TPSA) is 54.9 Å². The van der Waals surface area contributed by atoms with Crippen LogP contribution < -0.4 is 9.47 Å². The van der Waals surface area contributed by atoms with Gasteiger partial charge >= 0.3 is 0 Å². The number of piperazine rings is 1. The van der Waals surface area contributed by atoms with Gasteiger partial charge < -0.3 is 14.4 Å². The van der Waals surface area contributed by atoms with E-state index >= 15 is 0 Å². The Bertz CT molecular complexity index is 1600. The van der Waals surface area contributed by atoms with Gasteiger partial charge in [-0.25, -0.2) is 4.98 Å². The van der Waals surface area contributed by atoms with Gasteiger partial charge in [0.2, 0.25) is 11.8 Å². The summed E-state index contributed by atoms with van der Waals surface area (Å²) in [6.45, 7) is 14.5. The Balaban J connectivity index is 1.19. The molecule has 0 spiro atoms. The lowest BCUT2D eigenvalue weighted by atomic mass is 9.99. The van der Waals surface area contributed by atoms with E-state index in [1.54, 1.807) is 12.3 Å². The van der Waals surface area contributed by atoms with Crippen molar-refractivity contribution in [3.05, 3.63) is 123 Å². The monoisotopic (exact) mass is 609 g/mol. The molecule has 1 aliphatic rings. The number of amides is 1. The highest BCUT2D eigenvalue weighted by atomic mass is 35.5. The summed E-state index contributed by atoms with van der Waals surface area (Å²) in [5.74, 6) is 1.69. The first kappa shape index (κ1) is 31.3. The molecule has 1 fully saturated rings. The summed E-state index contributed by atoms with van der Waals surface area (Å²) >= 11 is 6.71. The van der Waals surface area contributed by atoms with Crippen LogP contribution in [0.1, 0.15) is 47.2 Å². The lowest BCUT2D eigenvalue weighted by molar-refractivity contribution is -0.128. The van der Waals surface area contributed by atoms with E-state index in [1.165, 1.54) is 16.7 Å². The van der Waals surface area contributed by atoms with E-state index in [0.717, 1.165) is 47.5 Å². The smallest absolute Gasteiger partial charge is 0.249 e. The Morgan fingerprint density at radius 2 is 1.48 bits per heavy atom. The fourth-order valence-electron chi connectivity index (χ4n) is 5.22. The molecule has 1 amide bonds. The Hall–Kier alpha value is -4.13. The van der Waals surface area contributed by atoms with Crippen molar-refractivity contribution in [3.8, 4) is 17.4 Å². The molecule has 3 aromatic carbocycles. The van der Waals surface area contributed by atoms with Crippen LogP contribution in [-0.2, 0) is 17.9 Å². The van der Waals surface area contributed by atoms with Crippen molar-refractivity contribution < 1.29 is 14.3 Å². The molecule has 1 aliphatic heterocycles. The molecule has 0 bridgehead atoms. The number of hydrogen-bond donors (Lipinski definition) is 0. The highest BCUT2D eigenvalue weighted by Gasteiger charge is 2.23. The number of carbonyl (C=O) groups excluding carboxylic acids is 1. The van der Waals surface area contributed by atoms with Gasteiger partial charge in [-0.1, -0.05) is 71.3 Å². The van der Waals surface area contributed by atoms with Crippen molar-refractivity contribution in [2.75, 3.05) is 26.2 Å². The van der Waals surface area contributed by atoms with E-state index in [2.05, 4.69) is 72.3 Å². The number of allylic oxidation sites excluding steroid dienone is 1. The number of carbonyl (C=O) groups is 1. The third kappa shape index (κ3) is 7.87. The lowest BCUT2D eigenvalue weighted by Crippen LogP contribution is -2.48. The Morgan fingerprint density at radius 3 is 2.07 bits per heavy atom. The fraction of sp³-hybridized carbons (Fsp3) is 0.297. The quantitative estimate of drug-likeness (QED) is 0.179. The second-order valence-corrected chi connectivity index (χ2v) is 12.0. The maximum atomic E-state index is 13.4. The maximum absolute atomic E-state index is 13.4. The minimum atomic E-state index is 0.0699. The number of pyridine rings is 1. The van der Waals surface area contributed by atoms with Crippen molar-refractivity contribution in [1.82, 2.24) is 14.8 Å². The molecule has 0 aliphatic carbocycles. The molecular weight excluding hydrogens is 570 g/mol. The summed E-state index contributed by atoms with van der Waals surface area (Å²) in [5, 5.41) is 0.464. The number of rotatable bonds is 9. The first-order valence-corrected chi connectivity index (χ1v) is 15.4. The number of nitrogens with zero attached hydrogens (tertiary/aromatic N) is 3. The average Bonchev–Trinajstić information content (AvgIpc) is 3.03. The second kappa shape index (κ2) is 14.1. The number of halogens is 1. The predicted molar refractivity (Wildman–Crippen MR) is 177 cm³/mol. The number of aromatic nitrogens is 1. The van der Waals surface area contributed by atoms with Crippen LogP contribution >= 0.6 is 11.6 Å². The van der Waals surface area contributed by atoms with Crippen LogP contribution in [0, 0.1) is 20.8 Å². The second-order valence-electron chi connectivity index (χ2n) is 11.6. The molecule has 1 aromatic heterocycles.